The average Bonchev–Trinajstić information content (AvgIpc) is 2.77. The fourth-order valence-electron chi connectivity index (χ4n) is 1.35. The Morgan fingerprint density at radius 2 is 2.05 bits per heavy atom. The summed E-state index contributed by atoms with van der Waals surface area (Å²) in [5.41, 5.74) is 0. The molecule has 8 nitrogen and oxygen atoms in total. The van der Waals surface area contributed by atoms with Crippen LogP contribution in [0.15, 0.2) is 10.3 Å². The van der Waals surface area contributed by atoms with Crippen molar-refractivity contribution in [3.05, 3.63) is 5.82 Å². The number of hydrogen-bond acceptors (Lipinski definition) is 8. The molecule has 0 aliphatic rings. The number of rotatable bonds is 6. The zero-order chi connectivity index (χ0) is 14.5. The third kappa shape index (κ3) is 3.35. The molecule has 9 heteroatoms. The largest absolute Gasteiger partial charge is 0.467 e. The maximum atomic E-state index is 5.09. The van der Waals surface area contributed by atoms with Gasteiger partial charge in [0.2, 0.25) is 11.1 Å². The van der Waals surface area contributed by atoms with Crippen molar-refractivity contribution in [2.45, 2.75) is 30.6 Å². The van der Waals surface area contributed by atoms with Crippen LogP contribution in [-0.4, -0.2) is 43.4 Å². The Hall–Kier alpha value is -1.90. The van der Waals surface area contributed by atoms with Gasteiger partial charge in [-0.2, -0.15) is 15.0 Å². The molecule has 0 saturated carbocycles. The molecule has 20 heavy (non-hydrogen) atoms. The summed E-state index contributed by atoms with van der Waals surface area (Å²) < 4.78 is 6.97. The Kier molecular flexibility index (Phi) is 4.72. The highest BCUT2D eigenvalue weighted by atomic mass is 32.2. The highest BCUT2D eigenvalue weighted by Gasteiger charge is 2.12. The van der Waals surface area contributed by atoms with Crippen molar-refractivity contribution in [2.75, 3.05) is 19.0 Å². The molecule has 0 aliphatic carbocycles. The lowest BCUT2D eigenvalue weighted by molar-refractivity contribution is 0.373. The predicted molar refractivity (Wildman–Crippen MR) is 75.0 cm³/mol. The Balaban J connectivity index is 2.23. The molecule has 2 rings (SSSR count). The van der Waals surface area contributed by atoms with Gasteiger partial charge in [-0.05, 0) is 25.1 Å². The first-order valence-electron chi connectivity index (χ1n) is 6.21. The van der Waals surface area contributed by atoms with Crippen molar-refractivity contribution in [3.8, 4) is 6.01 Å². The van der Waals surface area contributed by atoms with E-state index < -0.39 is 0 Å². The molecule has 2 aromatic rings. The average molecular weight is 295 g/mol. The smallest absolute Gasteiger partial charge is 0.321 e. The van der Waals surface area contributed by atoms with Crippen molar-refractivity contribution >= 4 is 17.7 Å². The van der Waals surface area contributed by atoms with Gasteiger partial charge < -0.3 is 14.6 Å². The fourth-order valence-corrected chi connectivity index (χ4v) is 2.12. The number of aryl methyl sites for hydroxylation is 1. The minimum atomic E-state index is 0.278. The van der Waals surface area contributed by atoms with Gasteiger partial charge >= 0.3 is 6.01 Å². The second-order valence-corrected chi connectivity index (χ2v) is 4.98. The monoisotopic (exact) mass is 295 g/mol. The molecular weight excluding hydrogens is 278 g/mol. The third-order valence-electron chi connectivity index (χ3n) is 2.55. The Bertz CT molecular complexity index is 586. The van der Waals surface area contributed by atoms with Crippen LogP contribution in [-0.2, 0) is 7.05 Å². The van der Waals surface area contributed by atoms with Gasteiger partial charge in [-0.1, -0.05) is 6.92 Å². The fraction of sp³-hybridized carbons (Fsp3) is 0.545. The molecule has 108 valence electrons. The van der Waals surface area contributed by atoms with Crippen LogP contribution < -0.4 is 10.1 Å². The summed E-state index contributed by atoms with van der Waals surface area (Å²) in [7, 11) is 3.42. The summed E-state index contributed by atoms with van der Waals surface area (Å²) in [5.74, 6) is 1.33. The molecule has 1 N–H and O–H groups in total. The predicted octanol–water partition coefficient (Wildman–Crippen LogP) is 1.29. The summed E-state index contributed by atoms with van der Waals surface area (Å²) in [6, 6.07) is 0.278. The highest BCUT2D eigenvalue weighted by molar-refractivity contribution is 7.99. The maximum absolute atomic E-state index is 5.09. The van der Waals surface area contributed by atoms with Gasteiger partial charge in [-0.15, -0.1) is 10.2 Å². The van der Waals surface area contributed by atoms with Crippen LogP contribution in [0.2, 0.25) is 0 Å². The number of ether oxygens (including phenoxy) is 1. The molecular formula is C11H17N7OS. The van der Waals surface area contributed by atoms with Crippen LogP contribution in [0.1, 0.15) is 19.2 Å². The van der Waals surface area contributed by atoms with Crippen molar-refractivity contribution in [2.24, 2.45) is 7.05 Å². The van der Waals surface area contributed by atoms with Gasteiger partial charge in [0.25, 0.3) is 0 Å². The lowest BCUT2D eigenvalue weighted by atomic mass is 10.5. The minimum Gasteiger partial charge on any atom is -0.467 e. The molecule has 0 aromatic carbocycles. The second kappa shape index (κ2) is 6.51. The van der Waals surface area contributed by atoms with E-state index in [1.165, 1.54) is 18.9 Å². The number of methoxy groups -OCH3 is 1. The number of nitrogens with one attached hydrogen (secondary N) is 1. The summed E-state index contributed by atoms with van der Waals surface area (Å²) in [4.78, 5) is 12.7. The standard InChI is InChI=1S/C11H17N7OS/c1-5-6-12-8-13-9(19-4)15-10(14-8)20-11-17-16-7(2)18(11)3/h5-6H2,1-4H3,(H,12,13,14,15). The van der Waals surface area contributed by atoms with Crippen LogP contribution >= 0.6 is 11.8 Å². The van der Waals surface area contributed by atoms with Gasteiger partial charge in [-0.25, -0.2) is 0 Å². The second-order valence-electron chi connectivity index (χ2n) is 4.05. The van der Waals surface area contributed by atoms with E-state index in [4.69, 9.17) is 4.74 Å². The first-order chi connectivity index (χ1) is 9.63. The van der Waals surface area contributed by atoms with Gasteiger partial charge in [0.05, 0.1) is 7.11 Å². The van der Waals surface area contributed by atoms with E-state index in [2.05, 4.69) is 37.4 Å². The molecule has 0 atom stereocenters. The maximum Gasteiger partial charge on any atom is 0.321 e. The van der Waals surface area contributed by atoms with Crippen molar-refractivity contribution in [3.63, 3.8) is 0 Å². The van der Waals surface area contributed by atoms with E-state index in [0.717, 1.165) is 23.9 Å². The van der Waals surface area contributed by atoms with Crippen LogP contribution in [0.4, 0.5) is 5.95 Å². The number of hydrogen-bond donors (Lipinski definition) is 1. The minimum absolute atomic E-state index is 0.278. The van der Waals surface area contributed by atoms with E-state index in [9.17, 15) is 0 Å². The highest BCUT2D eigenvalue weighted by Crippen LogP contribution is 2.24. The Morgan fingerprint density at radius 3 is 2.65 bits per heavy atom. The van der Waals surface area contributed by atoms with Crippen molar-refractivity contribution < 1.29 is 4.74 Å². The molecule has 0 radical (unpaired) electrons. The molecule has 0 aliphatic heterocycles. The molecule has 0 unspecified atom stereocenters. The summed E-state index contributed by atoms with van der Waals surface area (Å²) in [5, 5.41) is 12.4. The molecule has 0 bridgehead atoms. The first kappa shape index (κ1) is 14.5. The van der Waals surface area contributed by atoms with E-state index in [1.807, 2.05) is 18.5 Å². The molecule has 2 aromatic heterocycles. The van der Waals surface area contributed by atoms with Crippen LogP contribution in [0.25, 0.3) is 0 Å². The summed E-state index contributed by atoms with van der Waals surface area (Å²) in [6.45, 7) is 4.75. The van der Waals surface area contributed by atoms with Crippen LogP contribution in [0, 0.1) is 6.92 Å². The molecule has 0 fully saturated rings. The normalized spacial score (nSPS) is 10.6. The third-order valence-corrected chi connectivity index (χ3v) is 3.45. The van der Waals surface area contributed by atoms with Gasteiger partial charge in [0, 0.05) is 13.6 Å². The lowest BCUT2D eigenvalue weighted by Crippen LogP contribution is -2.07. The summed E-state index contributed by atoms with van der Waals surface area (Å²) in [6.07, 6.45) is 0.985. The first-order valence-corrected chi connectivity index (χ1v) is 7.03. The molecule has 0 spiro atoms. The quantitative estimate of drug-likeness (QED) is 0.852. The number of aromatic nitrogens is 6. The van der Waals surface area contributed by atoms with Crippen molar-refractivity contribution in [1.82, 2.24) is 29.7 Å². The van der Waals surface area contributed by atoms with E-state index in [0.29, 0.717) is 11.1 Å². The van der Waals surface area contributed by atoms with E-state index >= 15 is 0 Å². The van der Waals surface area contributed by atoms with Gasteiger partial charge in [0.15, 0.2) is 5.16 Å². The molecule has 2 heterocycles. The SMILES string of the molecule is CCCNc1nc(OC)nc(Sc2nnc(C)n2C)n1. The molecule has 0 saturated heterocycles. The summed E-state index contributed by atoms with van der Waals surface area (Å²) >= 11 is 1.32. The molecule has 0 amide bonds. The zero-order valence-electron chi connectivity index (χ0n) is 11.9. The topological polar surface area (TPSA) is 90.6 Å². The number of nitrogens with zero attached hydrogens (tertiary/aromatic N) is 6. The van der Waals surface area contributed by atoms with Gasteiger partial charge in [0.1, 0.15) is 5.82 Å². The van der Waals surface area contributed by atoms with Crippen molar-refractivity contribution in [1.29, 1.82) is 0 Å². The van der Waals surface area contributed by atoms with E-state index in [-0.39, 0.29) is 6.01 Å². The number of anilines is 1. The zero-order valence-corrected chi connectivity index (χ0v) is 12.7. The van der Waals surface area contributed by atoms with Crippen LogP contribution in [0.3, 0.4) is 0 Å². The van der Waals surface area contributed by atoms with Crippen LogP contribution in [0.5, 0.6) is 6.01 Å². The van der Waals surface area contributed by atoms with E-state index in [1.54, 1.807) is 0 Å². The Morgan fingerprint density at radius 1 is 1.25 bits per heavy atom. The Labute approximate surface area is 121 Å². The van der Waals surface area contributed by atoms with Gasteiger partial charge in [-0.3, -0.25) is 0 Å². The lowest BCUT2D eigenvalue weighted by Gasteiger charge is -2.06.